The van der Waals surface area contributed by atoms with Crippen LogP contribution in [-0.4, -0.2) is 45.8 Å². The molecule has 1 aliphatic heterocycles. The first-order valence-electron chi connectivity index (χ1n) is 7.67. The summed E-state index contributed by atoms with van der Waals surface area (Å²) in [5, 5.41) is 4.24. The molecule has 0 unspecified atom stereocenters. The van der Waals surface area contributed by atoms with Crippen LogP contribution in [0, 0.1) is 6.92 Å². The normalized spacial score (nSPS) is 17.2. The number of benzene rings is 1. The smallest absolute Gasteiger partial charge is 0.0534 e. The van der Waals surface area contributed by atoms with Crippen molar-refractivity contribution in [2.45, 2.75) is 20.0 Å². The first-order valence-corrected chi connectivity index (χ1v) is 7.67. The van der Waals surface area contributed by atoms with Crippen molar-refractivity contribution in [2.75, 3.05) is 26.2 Å². The second-order valence-electron chi connectivity index (χ2n) is 6.06. The average molecular weight is 284 g/mol. The van der Waals surface area contributed by atoms with Gasteiger partial charge in [-0.3, -0.25) is 14.5 Å². The highest BCUT2D eigenvalue weighted by atomic mass is 15.3. The Kier molecular flexibility index (Phi) is 4.36. The van der Waals surface area contributed by atoms with Gasteiger partial charge in [-0.2, -0.15) is 5.10 Å². The molecule has 3 rings (SSSR count). The minimum absolute atomic E-state index is 1.02. The van der Waals surface area contributed by atoms with Crippen molar-refractivity contribution in [1.82, 2.24) is 19.6 Å². The van der Waals surface area contributed by atoms with Crippen LogP contribution in [0.25, 0.3) is 0 Å². The van der Waals surface area contributed by atoms with Gasteiger partial charge in [0.05, 0.1) is 6.20 Å². The maximum Gasteiger partial charge on any atom is 0.0534 e. The summed E-state index contributed by atoms with van der Waals surface area (Å²) in [4.78, 5) is 5.07. The van der Waals surface area contributed by atoms with Gasteiger partial charge in [0, 0.05) is 58.1 Å². The highest BCUT2D eigenvalue weighted by molar-refractivity contribution is 5.22. The fourth-order valence-electron chi connectivity index (χ4n) is 2.99. The van der Waals surface area contributed by atoms with Crippen LogP contribution in [0.4, 0.5) is 0 Å². The fraction of sp³-hybridized carbons (Fsp3) is 0.471. The fourth-order valence-corrected chi connectivity index (χ4v) is 2.99. The van der Waals surface area contributed by atoms with E-state index in [0.29, 0.717) is 0 Å². The minimum Gasteiger partial charge on any atom is -0.297 e. The lowest BCUT2D eigenvalue weighted by molar-refractivity contribution is 0.122. The summed E-state index contributed by atoms with van der Waals surface area (Å²) in [7, 11) is 1.98. The second-order valence-corrected chi connectivity index (χ2v) is 6.06. The summed E-state index contributed by atoms with van der Waals surface area (Å²) in [6, 6.07) is 8.84. The zero-order valence-corrected chi connectivity index (χ0v) is 13.0. The van der Waals surface area contributed by atoms with E-state index < -0.39 is 0 Å². The standard InChI is InChI=1S/C17H24N4/c1-15-4-3-5-16(10-15)13-20-6-8-21(9-7-20)14-17-11-18-19(2)12-17/h3-5,10-12H,6-9,13-14H2,1-2H3. The number of aryl methyl sites for hydroxylation is 2. The van der Waals surface area contributed by atoms with Gasteiger partial charge < -0.3 is 0 Å². The SMILES string of the molecule is Cc1cccc(CN2CCN(Cc3cnn(C)c3)CC2)c1. The Bertz CT molecular complexity index is 582. The van der Waals surface area contributed by atoms with Crippen molar-refractivity contribution in [3.05, 3.63) is 53.3 Å². The van der Waals surface area contributed by atoms with E-state index in [9.17, 15) is 0 Å². The van der Waals surface area contributed by atoms with E-state index in [4.69, 9.17) is 0 Å². The molecule has 0 saturated carbocycles. The molecular weight excluding hydrogens is 260 g/mol. The topological polar surface area (TPSA) is 24.3 Å². The first kappa shape index (κ1) is 14.3. The van der Waals surface area contributed by atoms with Gasteiger partial charge in [-0.25, -0.2) is 0 Å². The zero-order valence-electron chi connectivity index (χ0n) is 13.0. The number of hydrogen-bond donors (Lipinski definition) is 0. The molecule has 0 spiro atoms. The highest BCUT2D eigenvalue weighted by Crippen LogP contribution is 2.12. The second kappa shape index (κ2) is 6.41. The maximum absolute atomic E-state index is 4.24. The Morgan fingerprint density at radius 3 is 2.24 bits per heavy atom. The van der Waals surface area contributed by atoms with Gasteiger partial charge in [0.2, 0.25) is 0 Å². The molecule has 1 aromatic carbocycles. The van der Waals surface area contributed by atoms with Gasteiger partial charge in [0.15, 0.2) is 0 Å². The third-order valence-corrected chi connectivity index (χ3v) is 4.12. The maximum atomic E-state index is 4.24. The molecule has 1 aromatic heterocycles. The van der Waals surface area contributed by atoms with Gasteiger partial charge in [-0.05, 0) is 12.5 Å². The van der Waals surface area contributed by atoms with Crippen molar-refractivity contribution < 1.29 is 0 Å². The van der Waals surface area contributed by atoms with E-state index in [1.54, 1.807) is 0 Å². The van der Waals surface area contributed by atoms with Crippen molar-refractivity contribution in [2.24, 2.45) is 7.05 Å². The van der Waals surface area contributed by atoms with Crippen molar-refractivity contribution in [3.63, 3.8) is 0 Å². The predicted octanol–water partition coefficient (Wildman–Crippen LogP) is 2.05. The molecule has 0 radical (unpaired) electrons. The molecule has 2 aromatic rings. The van der Waals surface area contributed by atoms with Crippen molar-refractivity contribution in [1.29, 1.82) is 0 Å². The third-order valence-electron chi connectivity index (χ3n) is 4.12. The molecule has 0 bridgehead atoms. The van der Waals surface area contributed by atoms with Gasteiger partial charge in [-0.15, -0.1) is 0 Å². The molecule has 112 valence electrons. The molecule has 4 heteroatoms. The monoisotopic (exact) mass is 284 g/mol. The Morgan fingerprint density at radius 2 is 1.67 bits per heavy atom. The lowest BCUT2D eigenvalue weighted by Crippen LogP contribution is -2.45. The molecule has 4 nitrogen and oxygen atoms in total. The van der Waals surface area contributed by atoms with Crippen LogP contribution in [0.15, 0.2) is 36.7 Å². The van der Waals surface area contributed by atoms with Crippen LogP contribution in [-0.2, 0) is 20.1 Å². The van der Waals surface area contributed by atoms with Crippen LogP contribution in [0.2, 0.25) is 0 Å². The number of piperazine rings is 1. The lowest BCUT2D eigenvalue weighted by atomic mass is 10.1. The number of rotatable bonds is 4. The van der Waals surface area contributed by atoms with Crippen LogP contribution in [0.1, 0.15) is 16.7 Å². The molecule has 0 N–H and O–H groups in total. The summed E-state index contributed by atoms with van der Waals surface area (Å²) in [5.74, 6) is 0. The van der Waals surface area contributed by atoms with Crippen LogP contribution < -0.4 is 0 Å². The van der Waals surface area contributed by atoms with E-state index in [2.05, 4.69) is 52.3 Å². The number of nitrogens with zero attached hydrogens (tertiary/aromatic N) is 4. The van der Waals surface area contributed by atoms with Gasteiger partial charge >= 0.3 is 0 Å². The summed E-state index contributed by atoms with van der Waals surface area (Å²) in [5.41, 5.74) is 4.09. The van der Waals surface area contributed by atoms with E-state index in [1.165, 1.54) is 16.7 Å². The van der Waals surface area contributed by atoms with Gasteiger partial charge in [0.1, 0.15) is 0 Å². The molecule has 0 atom stereocenters. The molecule has 0 aliphatic carbocycles. The van der Waals surface area contributed by atoms with E-state index in [-0.39, 0.29) is 0 Å². The lowest BCUT2D eigenvalue weighted by Gasteiger charge is -2.34. The number of hydrogen-bond acceptors (Lipinski definition) is 3. The number of aromatic nitrogens is 2. The molecule has 1 aliphatic rings. The summed E-state index contributed by atoms with van der Waals surface area (Å²) in [6.07, 6.45) is 4.08. The quantitative estimate of drug-likeness (QED) is 0.859. The van der Waals surface area contributed by atoms with Crippen molar-refractivity contribution >= 4 is 0 Å². The average Bonchev–Trinajstić information content (AvgIpc) is 2.86. The summed E-state index contributed by atoms with van der Waals surface area (Å²) in [6.45, 7) is 8.83. The van der Waals surface area contributed by atoms with Crippen LogP contribution in [0.5, 0.6) is 0 Å². The molecular formula is C17H24N4. The Hall–Kier alpha value is -1.65. The largest absolute Gasteiger partial charge is 0.297 e. The Morgan fingerprint density at radius 1 is 1.00 bits per heavy atom. The van der Waals surface area contributed by atoms with Gasteiger partial charge in [0.25, 0.3) is 0 Å². The summed E-state index contributed by atoms with van der Waals surface area (Å²) < 4.78 is 1.88. The van der Waals surface area contributed by atoms with E-state index >= 15 is 0 Å². The van der Waals surface area contributed by atoms with Crippen LogP contribution >= 0.6 is 0 Å². The predicted molar refractivity (Wildman–Crippen MR) is 84.9 cm³/mol. The Balaban J connectivity index is 1.48. The Labute approximate surface area is 127 Å². The van der Waals surface area contributed by atoms with Crippen LogP contribution in [0.3, 0.4) is 0 Å². The van der Waals surface area contributed by atoms with E-state index in [0.717, 1.165) is 39.3 Å². The molecule has 1 fully saturated rings. The summed E-state index contributed by atoms with van der Waals surface area (Å²) >= 11 is 0. The molecule has 21 heavy (non-hydrogen) atoms. The molecule has 0 amide bonds. The van der Waals surface area contributed by atoms with Gasteiger partial charge in [-0.1, -0.05) is 29.8 Å². The third kappa shape index (κ3) is 3.93. The molecule has 1 saturated heterocycles. The first-order chi connectivity index (χ1) is 10.2. The van der Waals surface area contributed by atoms with Crippen molar-refractivity contribution in [3.8, 4) is 0 Å². The molecule has 2 heterocycles. The highest BCUT2D eigenvalue weighted by Gasteiger charge is 2.17. The zero-order chi connectivity index (χ0) is 14.7. The minimum atomic E-state index is 1.02. The van der Waals surface area contributed by atoms with E-state index in [1.807, 2.05) is 17.9 Å².